The summed E-state index contributed by atoms with van der Waals surface area (Å²) in [6.07, 6.45) is 0. The second kappa shape index (κ2) is 5.53. The fourth-order valence-electron chi connectivity index (χ4n) is 1.61. The van der Waals surface area contributed by atoms with Crippen LogP contribution >= 0.6 is 0 Å². The van der Waals surface area contributed by atoms with Crippen LogP contribution in [0.5, 0.6) is 5.75 Å². The molecule has 0 saturated carbocycles. The van der Waals surface area contributed by atoms with Gasteiger partial charge in [0, 0.05) is 13.6 Å². The zero-order valence-corrected chi connectivity index (χ0v) is 10.7. The van der Waals surface area contributed by atoms with Crippen LogP contribution in [0, 0.1) is 12.8 Å². The van der Waals surface area contributed by atoms with Gasteiger partial charge >= 0.3 is 5.97 Å². The molecule has 5 nitrogen and oxygen atoms in total. The number of aromatic hydroxyl groups is 1. The highest BCUT2D eigenvalue weighted by molar-refractivity contribution is 5.97. The average molecular weight is 251 g/mol. The number of aliphatic carboxylic acids is 1. The zero-order valence-electron chi connectivity index (χ0n) is 10.7. The molecule has 0 bridgehead atoms. The topological polar surface area (TPSA) is 77.8 Å². The Morgan fingerprint density at radius 1 is 1.39 bits per heavy atom. The number of phenolic OH excluding ortho intramolecular Hbond substituents is 1. The molecule has 1 unspecified atom stereocenters. The van der Waals surface area contributed by atoms with E-state index in [0.717, 1.165) is 0 Å². The average Bonchev–Trinajstić information content (AvgIpc) is 2.31. The number of carboxylic acid groups (broad SMARTS) is 1. The molecule has 18 heavy (non-hydrogen) atoms. The Kier molecular flexibility index (Phi) is 4.31. The molecule has 0 aliphatic rings. The first-order valence-corrected chi connectivity index (χ1v) is 5.61. The van der Waals surface area contributed by atoms with Gasteiger partial charge in [0.2, 0.25) is 0 Å². The molecule has 1 rings (SSSR count). The van der Waals surface area contributed by atoms with Crippen LogP contribution in [0.4, 0.5) is 0 Å². The van der Waals surface area contributed by atoms with Crippen LogP contribution < -0.4 is 0 Å². The van der Waals surface area contributed by atoms with Gasteiger partial charge in [-0.25, -0.2) is 0 Å². The SMILES string of the molecule is Cc1cccc(C(=O)N(C)CC(C)C(=O)O)c1O. The van der Waals surface area contributed by atoms with Crippen molar-refractivity contribution in [3.63, 3.8) is 0 Å². The number of aryl methyl sites for hydroxylation is 1. The number of para-hydroxylation sites is 1. The summed E-state index contributed by atoms with van der Waals surface area (Å²) in [5.74, 6) is -2.05. The van der Waals surface area contributed by atoms with Crippen molar-refractivity contribution >= 4 is 11.9 Å². The highest BCUT2D eigenvalue weighted by atomic mass is 16.4. The molecule has 1 aromatic rings. The van der Waals surface area contributed by atoms with E-state index in [1.165, 1.54) is 24.9 Å². The van der Waals surface area contributed by atoms with Gasteiger partial charge in [-0.2, -0.15) is 0 Å². The van der Waals surface area contributed by atoms with Gasteiger partial charge < -0.3 is 15.1 Å². The molecule has 0 aliphatic heterocycles. The zero-order chi connectivity index (χ0) is 13.9. The van der Waals surface area contributed by atoms with Gasteiger partial charge in [-0.15, -0.1) is 0 Å². The van der Waals surface area contributed by atoms with Crippen molar-refractivity contribution in [1.29, 1.82) is 0 Å². The minimum atomic E-state index is -0.955. The number of carboxylic acids is 1. The highest BCUT2D eigenvalue weighted by Crippen LogP contribution is 2.22. The van der Waals surface area contributed by atoms with Crippen molar-refractivity contribution in [2.45, 2.75) is 13.8 Å². The molecule has 0 radical (unpaired) electrons. The summed E-state index contributed by atoms with van der Waals surface area (Å²) in [5, 5.41) is 18.6. The van der Waals surface area contributed by atoms with Crippen molar-refractivity contribution < 1.29 is 19.8 Å². The monoisotopic (exact) mass is 251 g/mol. The van der Waals surface area contributed by atoms with Crippen LogP contribution in [0.1, 0.15) is 22.8 Å². The number of hydrogen-bond acceptors (Lipinski definition) is 3. The van der Waals surface area contributed by atoms with Gasteiger partial charge in [-0.05, 0) is 18.6 Å². The maximum atomic E-state index is 12.0. The molecule has 0 aromatic heterocycles. The summed E-state index contributed by atoms with van der Waals surface area (Å²) in [7, 11) is 1.52. The van der Waals surface area contributed by atoms with E-state index in [9.17, 15) is 14.7 Å². The Balaban J connectivity index is 2.87. The number of carbonyl (C=O) groups excluding carboxylic acids is 1. The summed E-state index contributed by atoms with van der Waals surface area (Å²) in [6.45, 7) is 3.33. The van der Waals surface area contributed by atoms with Crippen molar-refractivity contribution in [3.05, 3.63) is 29.3 Å². The van der Waals surface area contributed by atoms with Crippen LogP contribution in [-0.4, -0.2) is 40.6 Å². The lowest BCUT2D eigenvalue weighted by molar-refractivity contribution is -0.141. The Morgan fingerprint density at radius 3 is 2.56 bits per heavy atom. The Morgan fingerprint density at radius 2 is 2.00 bits per heavy atom. The van der Waals surface area contributed by atoms with Gasteiger partial charge in [0.25, 0.3) is 5.91 Å². The van der Waals surface area contributed by atoms with Crippen molar-refractivity contribution in [1.82, 2.24) is 4.90 Å². The van der Waals surface area contributed by atoms with Gasteiger partial charge in [0.1, 0.15) is 5.75 Å². The van der Waals surface area contributed by atoms with Crippen LogP contribution in [-0.2, 0) is 4.79 Å². The lowest BCUT2D eigenvalue weighted by Gasteiger charge is -2.20. The van der Waals surface area contributed by atoms with E-state index in [1.54, 1.807) is 19.1 Å². The van der Waals surface area contributed by atoms with E-state index < -0.39 is 11.9 Å². The fraction of sp³-hybridized carbons (Fsp3) is 0.385. The summed E-state index contributed by atoms with van der Waals surface area (Å²) >= 11 is 0. The fourth-order valence-corrected chi connectivity index (χ4v) is 1.61. The molecule has 0 spiro atoms. The highest BCUT2D eigenvalue weighted by Gasteiger charge is 2.20. The lowest BCUT2D eigenvalue weighted by atomic mass is 10.1. The quantitative estimate of drug-likeness (QED) is 0.850. The number of benzene rings is 1. The minimum Gasteiger partial charge on any atom is -0.507 e. The molecule has 98 valence electrons. The lowest BCUT2D eigenvalue weighted by Crippen LogP contribution is -2.33. The van der Waals surface area contributed by atoms with Gasteiger partial charge in [-0.1, -0.05) is 19.1 Å². The third-order valence-corrected chi connectivity index (χ3v) is 2.78. The normalized spacial score (nSPS) is 11.9. The van der Waals surface area contributed by atoms with Crippen LogP contribution in [0.25, 0.3) is 0 Å². The van der Waals surface area contributed by atoms with E-state index in [0.29, 0.717) is 5.56 Å². The van der Waals surface area contributed by atoms with Crippen molar-refractivity contribution in [3.8, 4) is 5.75 Å². The first-order chi connectivity index (χ1) is 8.34. The molecule has 0 fully saturated rings. The molecule has 1 amide bonds. The molecule has 1 aromatic carbocycles. The maximum Gasteiger partial charge on any atom is 0.308 e. The van der Waals surface area contributed by atoms with Gasteiger partial charge in [-0.3, -0.25) is 9.59 Å². The third kappa shape index (κ3) is 3.00. The van der Waals surface area contributed by atoms with Gasteiger partial charge in [0.15, 0.2) is 0 Å². The first-order valence-electron chi connectivity index (χ1n) is 5.61. The maximum absolute atomic E-state index is 12.0. The van der Waals surface area contributed by atoms with E-state index in [2.05, 4.69) is 0 Å². The number of phenols is 1. The van der Waals surface area contributed by atoms with Crippen LogP contribution in [0.2, 0.25) is 0 Å². The first kappa shape index (κ1) is 14.0. The standard InChI is InChI=1S/C13H17NO4/c1-8-5-4-6-10(11(8)15)12(16)14(3)7-9(2)13(17)18/h4-6,9,15H,7H2,1-3H3,(H,17,18). The molecule has 5 heteroatoms. The van der Waals surface area contributed by atoms with E-state index in [-0.39, 0.29) is 23.8 Å². The molecule has 0 heterocycles. The third-order valence-electron chi connectivity index (χ3n) is 2.78. The molecule has 0 aliphatic carbocycles. The number of carbonyl (C=O) groups is 2. The molecular weight excluding hydrogens is 234 g/mol. The number of nitrogens with zero attached hydrogens (tertiary/aromatic N) is 1. The Bertz CT molecular complexity index is 470. The Hall–Kier alpha value is -2.04. The minimum absolute atomic E-state index is 0.0580. The predicted molar refractivity (Wildman–Crippen MR) is 66.6 cm³/mol. The van der Waals surface area contributed by atoms with Crippen LogP contribution in [0.15, 0.2) is 18.2 Å². The number of rotatable bonds is 4. The summed E-state index contributed by atoms with van der Waals surface area (Å²) in [5.41, 5.74) is 0.802. The summed E-state index contributed by atoms with van der Waals surface area (Å²) < 4.78 is 0. The summed E-state index contributed by atoms with van der Waals surface area (Å²) in [6, 6.07) is 4.90. The second-order valence-electron chi connectivity index (χ2n) is 4.40. The number of hydrogen-bond donors (Lipinski definition) is 2. The molecule has 2 N–H and O–H groups in total. The van der Waals surface area contributed by atoms with E-state index in [4.69, 9.17) is 5.11 Å². The van der Waals surface area contributed by atoms with E-state index >= 15 is 0 Å². The van der Waals surface area contributed by atoms with Crippen molar-refractivity contribution in [2.75, 3.05) is 13.6 Å². The largest absolute Gasteiger partial charge is 0.507 e. The van der Waals surface area contributed by atoms with Gasteiger partial charge in [0.05, 0.1) is 11.5 Å². The van der Waals surface area contributed by atoms with Crippen LogP contribution in [0.3, 0.4) is 0 Å². The molecule has 0 saturated heterocycles. The number of amides is 1. The molecular formula is C13H17NO4. The molecule has 1 atom stereocenters. The van der Waals surface area contributed by atoms with Crippen molar-refractivity contribution in [2.24, 2.45) is 5.92 Å². The smallest absolute Gasteiger partial charge is 0.308 e. The predicted octanol–water partition coefficient (Wildman–Crippen LogP) is 1.49. The Labute approximate surface area is 106 Å². The summed E-state index contributed by atoms with van der Waals surface area (Å²) in [4.78, 5) is 24.1. The second-order valence-corrected chi connectivity index (χ2v) is 4.40. The van der Waals surface area contributed by atoms with E-state index in [1.807, 2.05) is 0 Å².